The number of aromatic nitrogens is 5. The number of H-pyrrole nitrogens is 1. The number of aromatic amines is 1. The molecule has 3 heterocycles. The number of hydrogen-bond acceptors (Lipinski definition) is 6. The second-order valence-electron chi connectivity index (χ2n) is 8.68. The van der Waals surface area contributed by atoms with Crippen LogP contribution in [0.4, 0.5) is 5.69 Å². The first-order valence-corrected chi connectivity index (χ1v) is 12.5. The highest BCUT2D eigenvalue weighted by Crippen LogP contribution is 2.41. The molecule has 0 atom stereocenters. The van der Waals surface area contributed by atoms with E-state index in [4.69, 9.17) is 0 Å². The van der Waals surface area contributed by atoms with Gasteiger partial charge in [0, 0.05) is 39.7 Å². The minimum absolute atomic E-state index is 0.0641. The molecule has 8 heteroatoms. The van der Waals surface area contributed by atoms with E-state index in [1.807, 2.05) is 28.9 Å². The fourth-order valence-electron chi connectivity index (χ4n) is 4.45. The maximum atomic E-state index is 11.4. The molecule has 0 aliphatic heterocycles. The molecule has 0 amide bonds. The number of rotatable bonds is 6. The fourth-order valence-corrected chi connectivity index (χ4v) is 5.21. The highest BCUT2D eigenvalue weighted by atomic mass is 32.1. The number of nitrogens with one attached hydrogen (secondary N) is 2. The molecule has 176 valence electrons. The van der Waals surface area contributed by atoms with Gasteiger partial charge in [-0.3, -0.25) is 9.89 Å². The SMILES string of the molecule is CC(=O)c1ccc(NCC#Cc2cc(-c3n[nH]c4c3Cc3cc(Cn5cncn5)ccc3-4)cs2)cc1. The summed E-state index contributed by atoms with van der Waals surface area (Å²) in [6.45, 7) is 2.80. The minimum atomic E-state index is 0.0641. The zero-order chi connectivity index (χ0) is 24.5. The van der Waals surface area contributed by atoms with Crippen molar-refractivity contribution in [2.45, 2.75) is 19.9 Å². The van der Waals surface area contributed by atoms with E-state index in [-0.39, 0.29) is 5.78 Å². The number of carbonyl (C=O) groups excluding carboxylic acids is 1. The zero-order valence-electron chi connectivity index (χ0n) is 19.6. The Morgan fingerprint density at radius 2 is 2.08 bits per heavy atom. The number of benzene rings is 2. The molecule has 0 bridgehead atoms. The van der Waals surface area contributed by atoms with Crippen LogP contribution in [0.1, 0.15) is 38.8 Å². The van der Waals surface area contributed by atoms with Gasteiger partial charge in [0.25, 0.3) is 0 Å². The van der Waals surface area contributed by atoms with Gasteiger partial charge in [-0.1, -0.05) is 30.0 Å². The third-order valence-corrected chi connectivity index (χ3v) is 7.09. The van der Waals surface area contributed by atoms with Crippen molar-refractivity contribution in [2.75, 3.05) is 11.9 Å². The Morgan fingerprint density at radius 3 is 2.89 bits per heavy atom. The van der Waals surface area contributed by atoms with Crippen LogP contribution in [0.5, 0.6) is 0 Å². The number of Topliss-reactive ketones (excluding diaryl/α,β-unsaturated/α-hetero) is 1. The summed E-state index contributed by atoms with van der Waals surface area (Å²) in [4.78, 5) is 16.4. The van der Waals surface area contributed by atoms with Crippen molar-refractivity contribution in [3.63, 3.8) is 0 Å². The summed E-state index contributed by atoms with van der Waals surface area (Å²) in [5.74, 6) is 6.48. The number of hydrogen-bond donors (Lipinski definition) is 2. The number of ketones is 1. The van der Waals surface area contributed by atoms with Crippen molar-refractivity contribution in [2.24, 2.45) is 0 Å². The van der Waals surface area contributed by atoms with Crippen molar-refractivity contribution in [3.8, 4) is 34.4 Å². The summed E-state index contributed by atoms with van der Waals surface area (Å²) >= 11 is 1.62. The van der Waals surface area contributed by atoms with Crippen molar-refractivity contribution in [3.05, 3.63) is 93.7 Å². The van der Waals surface area contributed by atoms with Gasteiger partial charge in [0.2, 0.25) is 0 Å². The maximum absolute atomic E-state index is 11.4. The van der Waals surface area contributed by atoms with Crippen LogP contribution >= 0.6 is 11.3 Å². The van der Waals surface area contributed by atoms with Gasteiger partial charge >= 0.3 is 0 Å². The molecule has 0 saturated heterocycles. The predicted molar refractivity (Wildman–Crippen MR) is 141 cm³/mol. The quantitative estimate of drug-likeness (QED) is 0.253. The Labute approximate surface area is 212 Å². The molecule has 0 fully saturated rings. The van der Waals surface area contributed by atoms with E-state index in [1.165, 1.54) is 22.3 Å². The molecule has 0 saturated carbocycles. The molecular formula is C28H22N6OS. The van der Waals surface area contributed by atoms with Gasteiger partial charge in [0.1, 0.15) is 12.7 Å². The van der Waals surface area contributed by atoms with Crippen LogP contribution in [0.15, 0.2) is 66.6 Å². The molecule has 1 aliphatic rings. The van der Waals surface area contributed by atoms with Crippen LogP contribution in [-0.2, 0) is 13.0 Å². The Morgan fingerprint density at radius 1 is 1.19 bits per heavy atom. The van der Waals surface area contributed by atoms with Crippen LogP contribution in [0, 0.1) is 11.8 Å². The van der Waals surface area contributed by atoms with Crippen LogP contribution in [0.2, 0.25) is 0 Å². The summed E-state index contributed by atoms with van der Waals surface area (Å²) < 4.78 is 1.83. The van der Waals surface area contributed by atoms with Gasteiger partial charge in [-0.25, -0.2) is 9.67 Å². The van der Waals surface area contributed by atoms with Gasteiger partial charge in [0.05, 0.1) is 29.4 Å². The lowest BCUT2D eigenvalue weighted by Gasteiger charge is -2.05. The fraction of sp³-hybridized carbons (Fsp3) is 0.143. The number of thiophene rings is 1. The topological polar surface area (TPSA) is 88.5 Å². The smallest absolute Gasteiger partial charge is 0.159 e. The molecule has 6 rings (SSSR count). The molecule has 3 aromatic heterocycles. The zero-order valence-corrected chi connectivity index (χ0v) is 20.4. The Kier molecular flexibility index (Phi) is 5.68. The van der Waals surface area contributed by atoms with Crippen molar-refractivity contribution >= 4 is 22.8 Å². The van der Waals surface area contributed by atoms with E-state index in [2.05, 4.69) is 67.1 Å². The van der Waals surface area contributed by atoms with E-state index in [0.717, 1.165) is 33.9 Å². The molecule has 0 radical (unpaired) electrons. The van der Waals surface area contributed by atoms with Gasteiger partial charge in [-0.05, 0) is 48.4 Å². The molecule has 5 aromatic rings. The minimum Gasteiger partial charge on any atom is -0.374 e. The summed E-state index contributed by atoms with van der Waals surface area (Å²) in [5, 5.41) is 17.5. The number of nitrogens with zero attached hydrogens (tertiary/aromatic N) is 4. The molecule has 36 heavy (non-hydrogen) atoms. The largest absolute Gasteiger partial charge is 0.374 e. The van der Waals surface area contributed by atoms with Crippen LogP contribution < -0.4 is 5.32 Å². The average molecular weight is 491 g/mol. The maximum Gasteiger partial charge on any atom is 0.159 e. The second-order valence-corrected chi connectivity index (χ2v) is 9.59. The Balaban J connectivity index is 1.13. The van der Waals surface area contributed by atoms with E-state index >= 15 is 0 Å². The van der Waals surface area contributed by atoms with Crippen LogP contribution in [-0.4, -0.2) is 37.3 Å². The van der Waals surface area contributed by atoms with Gasteiger partial charge in [0.15, 0.2) is 5.78 Å². The monoisotopic (exact) mass is 490 g/mol. The van der Waals surface area contributed by atoms with E-state index in [9.17, 15) is 4.79 Å². The number of fused-ring (bicyclic) bond motifs is 3. The highest BCUT2D eigenvalue weighted by molar-refractivity contribution is 7.11. The van der Waals surface area contributed by atoms with Gasteiger partial charge in [-0.15, -0.1) is 11.3 Å². The number of anilines is 1. The summed E-state index contributed by atoms with van der Waals surface area (Å²) in [5.41, 5.74) is 9.78. The number of carbonyl (C=O) groups is 1. The molecular weight excluding hydrogens is 468 g/mol. The summed E-state index contributed by atoms with van der Waals surface area (Å²) in [6, 6.07) is 16.1. The lowest BCUT2D eigenvalue weighted by atomic mass is 10.1. The lowest BCUT2D eigenvalue weighted by molar-refractivity contribution is 0.101. The first-order chi connectivity index (χ1) is 17.6. The molecule has 2 N–H and O–H groups in total. The Bertz CT molecular complexity index is 1620. The molecule has 2 aromatic carbocycles. The summed E-state index contributed by atoms with van der Waals surface area (Å²) in [6.07, 6.45) is 4.14. The van der Waals surface area contributed by atoms with Crippen molar-refractivity contribution < 1.29 is 4.79 Å². The molecule has 1 aliphatic carbocycles. The Hall–Kier alpha value is -4.48. The average Bonchev–Trinajstić information content (AvgIpc) is 3.67. The lowest BCUT2D eigenvalue weighted by Crippen LogP contribution is -2.00. The van der Waals surface area contributed by atoms with E-state index in [1.54, 1.807) is 30.9 Å². The molecule has 7 nitrogen and oxygen atoms in total. The molecule has 0 unspecified atom stereocenters. The van der Waals surface area contributed by atoms with Gasteiger partial charge < -0.3 is 5.32 Å². The first kappa shape index (κ1) is 22.0. The van der Waals surface area contributed by atoms with E-state index in [0.29, 0.717) is 18.7 Å². The standard InChI is InChI=1S/C28H22N6OS/c1-18(35)20-5-7-23(8-6-20)30-10-2-3-24-12-22(15-36-24)27-26-13-21-11-19(14-34-17-29-16-31-34)4-9-25(21)28(26)33-32-27/h4-9,11-12,15-17,30H,10,13-14H2,1H3,(H,32,33). The van der Waals surface area contributed by atoms with Crippen LogP contribution in [0.3, 0.4) is 0 Å². The summed E-state index contributed by atoms with van der Waals surface area (Å²) in [7, 11) is 0. The normalized spacial score (nSPS) is 11.5. The van der Waals surface area contributed by atoms with Crippen LogP contribution in [0.25, 0.3) is 22.5 Å². The van der Waals surface area contributed by atoms with Crippen molar-refractivity contribution in [1.29, 1.82) is 0 Å². The highest BCUT2D eigenvalue weighted by Gasteiger charge is 2.25. The third kappa shape index (κ3) is 4.32. The first-order valence-electron chi connectivity index (χ1n) is 11.6. The second kappa shape index (κ2) is 9.29. The van der Waals surface area contributed by atoms with Crippen molar-refractivity contribution in [1.82, 2.24) is 25.0 Å². The predicted octanol–water partition coefficient (Wildman–Crippen LogP) is 5.02. The van der Waals surface area contributed by atoms with E-state index < -0.39 is 0 Å². The third-order valence-electron chi connectivity index (χ3n) is 6.24. The molecule has 0 spiro atoms. The van der Waals surface area contributed by atoms with Gasteiger partial charge in [-0.2, -0.15) is 10.2 Å².